The van der Waals surface area contributed by atoms with E-state index in [9.17, 15) is 0 Å². The first-order valence-electron chi connectivity index (χ1n) is 7.65. The Hall–Kier alpha value is -2.67. The molecular formula is C16H15ClN6O. The molecule has 1 saturated heterocycles. The van der Waals surface area contributed by atoms with Crippen LogP contribution in [0.15, 0.2) is 47.3 Å². The SMILES string of the molecule is Clc1cnc(N2CCN(c3ccc(-c4ccco4)nn3)CC2)nc1. The minimum atomic E-state index is 0.546. The highest BCUT2D eigenvalue weighted by molar-refractivity contribution is 6.30. The Morgan fingerprint density at radius 1 is 0.917 bits per heavy atom. The molecular weight excluding hydrogens is 328 g/mol. The Kier molecular flexibility index (Phi) is 4.00. The summed E-state index contributed by atoms with van der Waals surface area (Å²) in [5.74, 6) is 2.29. The largest absolute Gasteiger partial charge is 0.463 e. The monoisotopic (exact) mass is 342 g/mol. The van der Waals surface area contributed by atoms with E-state index in [0.29, 0.717) is 11.0 Å². The van der Waals surface area contributed by atoms with Crippen molar-refractivity contribution in [3.05, 3.63) is 47.9 Å². The normalized spacial score (nSPS) is 14.9. The summed E-state index contributed by atoms with van der Waals surface area (Å²) in [7, 11) is 0. The van der Waals surface area contributed by atoms with Crippen LogP contribution in [0.2, 0.25) is 5.02 Å². The molecule has 0 aromatic carbocycles. The lowest BCUT2D eigenvalue weighted by Crippen LogP contribution is -2.47. The second kappa shape index (κ2) is 6.45. The highest BCUT2D eigenvalue weighted by Crippen LogP contribution is 2.20. The predicted molar refractivity (Wildman–Crippen MR) is 91.2 cm³/mol. The molecule has 3 aromatic rings. The van der Waals surface area contributed by atoms with Gasteiger partial charge in [0.1, 0.15) is 5.69 Å². The van der Waals surface area contributed by atoms with Crippen molar-refractivity contribution in [3.63, 3.8) is 0 Å². The quantitative estimate of drug-likeness (QED) is 0.724. The van der Waals surface area contributed by atoms with Crippen molar-refractivity contribution >= 4 is 23.4 Å². The molecule has 4 heterocycles. The maximum atomic E-state index is 5.83. The zero-order valence-corrected chi connectivity index (χ0v) is 13.6. The summed E-state index contributed by atoms with van der Waals surface area (Å²) in [5.41, 5.74) is 0.733. The topological polar surface area (TPSA) is 71.2 Å². The van der Waals surface area contributed by atoms with Gasteiger partial charge in [0, 0.05) is 26.2 Å². The van der Waals surface area contributed by atoms with Gasteiger partial charge in [-0.1, -0.05) is 11.6 Å². The van der Waals surface area contributed by atoms with E-state index in [2.05, 4.69) is 30.0 Å². The molecule has 0 radical (unpaired) electrons. The molecule has 0 spiro atoms. The fraction of sp³-hybridized carbons (Fsp3) is 0.250. The van der Waals surface area contributed by atoms with Crippen LogP contribution in [0.5, 0.6) is 0 Å². The molecule has 4 rings (SSSR count). The molecule has 1 aliphatic rings. The van der Waals surface area contributed by atoms with Crippen LogP contribution in [0.1, 0.15) is 0 Å². The molecule has 0 bridgehead atoms. The Labute approximate surface area is 143 Å². The van der Waals surface area contributed by atoms with Gasteiger partial charge in [0.15, 0.2) is 11.6 Å². The smallest absolute Gasteiger partial charge is 0.225 e. The van der Waals surface area contributed by atoms with Gasteiger partial charge in [-0.3, -0.25) is 0 Å². The molecule has 1 fully saturated rings. The number of nitrogens with zero attached hydrogens (tertiary/aromatic N) is 6. The second-order valence-electron chi connectivity index (χ2n) is 5.43. The second-order valence-corrected chi connectivity index (χ2v) is 5.87. The van der Waals surface area contributed by atoms with Crippen LogP contribution < -0.4 is 9.80 Å². The van der Waals surface area contributed by atoms with E-state index in [1.807, 2.05) is 24.3 Å². The summed E-state index contributed by atoms with van der Waals surface area (Å²) in [6, 6.07) is 7.60. The maximum absolute atomic E-state index is 5.83. The van der Waals surface area contributed by atoms with Crippen LogP contribution in [0.4, 0.5) is 11.8 Å². The molecule has 3 aromatic heterocycles. The van der Waals surface area contributed by atoms with Gasteiger partial charge >= 0.3 is 0 Å². The Bertz CT molecular complexity index is 782. The number of rotatable bonds is 3. The molecule has 24 heavy (non-hydrogen) atoms. The van der Waals surface area contributed by atoms with Crippen molar-refractivity contribution in [2.45, 2.75) is 0 Å². The van der Waals surface area contributed by atoms with Crippen molar-refractivity contribution in [2.24, 2.45) is 0 Å². The lowest BCUT2D eigenvalue weighted by molar-refractivity contribution is 0.578. The van der Waals surface area contributed by atoms with Crippen LogP contribution in [0, 0.1) is 0 Å². The van der Waals surface area contributed by atoms with Crippen molar-refractivity contribution in [1.82, 2.24) is 20.2 Å². The molecule has 0 unspecified atom stereocenters. The van der Waals surface area contributed by atoms with E-state index in [1.165, 1.54) is 0 Å². The minimum absolute atomic E-state index is 0.546. The third-order valence-electron chi connectivity index (χ3n) is 3.92. The summed E-state index contributed by atoms with van der Waals surface area (Å²) in [5, 5.41) is 9.11. The predicted octanol–water partition coefficient (Wildman–Crippen LogP) is 2.51. The maximum Gasteiger partial charge on any atom is 0.225 e. The first kappa shape index (κ1) is 14.9. The third-order valence-corrected chi connectivity index (χ3v) is 4.11. The van der Waals surface area contributed by atoms with Crippen LogP contribution in [0.25, 0.3) is 11.5 Å². The molecule has 0 saturated carbocycles. The molecule has 0 N–H and O–H groups in total. The molecule has 122 valence electrons. The first-order chi connectivity index (χ1) is 11.8. The van der Waals surface area contributed by atoms with E-state index in [1.54, 1.807) is 18.7 Å². The number of anilines is 2. The lowest BCUT2D eigenvalue weighted by Gasteiger charge is -2.35. The number of piperazine rings is 1. The number of furan rings is 1. The molecule has 0 atom stereocenters. The Balaban J connectivity index is 1.41. The van der Waals surface area contributed by atoms with Crippen LogP contribution in [0.3, 0.4) is 0 Å². The highest BCUT2D eigenvalue weighted by atomic mass is 35.5. The Morgan fingerprint density at radius 3 is 2.29 bits per heavy atom. The van der Waals surface area contributed by atoms with Gasteiger partial charge < -0.3 is 14.2 Å². The van der Waals surface area contributed by atoms with E-state index in [-0.39, 0.29) is 0 Å². The molecule has 0 aliphatic carbocycles. The van der Waals surface area contributed by atoms with E-state index in [0.717, 1.165) is 43.5 Å². The van der Waals surface area contributed by atoms with E-state index in [4.69, 9.17) is 16.0 Å². The number of halogens is 1. The van der Waals surface area contributed by atoms with Crippen molar-refractivity contribution in [3.8, 4) is 11.5 Å². The summed E-state index contributed by atoms with van der Waals surface area (Å²) >= 11 is 5.83. The van der Waals surface area contributed by atoms with Crippen molar-refractivity contribution < 1.29 is 4.42 Å². The third kappa shape index (κ3) is 3.03. The highest BCUT2D eigenvalue weighted by Gasteiger charge is 2.20. The summed E-state index contributed by atoms with van der Waals surface area (Å²) in [6.45, 7) is 3.31. The molecule has 8 heteroatoms. The van der Waals surface area contributed by atoms with Gasteiger partial charge in [0.05, 0.1) is 23.7 Å². The average Bonchev–Trinajstić information content (AvgIpc) is 3.17. The van der Waals surface area contributed by atoms with Crippen LogP contribution in [-0.2, 0) is 0 Å². The van der Waals surface area contributed by atoms with Crippen LogP contribution in [-0.4, -0.2) is 46.3 Å². The molecule has 1 aliphatic heterocycles. The minimum Gasteiger partial charge on any atom is -0.463 e. The van der Waals surface area contributed by atoms with Gasteiger partial charge in [-0.2, -0.15) is 0 Å². The van der Waals surface area contributed by atoms with Gasteiger partial charge in [-0.05, 0) is 24.3 Å². The number of hydrogen-bond donors (Lipinski definition) is 0. The van der Waals surface area contributed by atoms with Gasteiger partial charge in [-0.15, -0.1) is 10.2 Å². The molecule has 0 amide bonds. The van der Waals surface area contributed by atoms with Crippen molar-refractivity contribution in [2.75, 3.05) is 36.0 Å². The van der Waals surface area contributed by atoms with E-state index >= 15 is 0 Å². The number of aromatic nitrogens is 4. The summed E-state index contributed by atoms with van der Waals surface area (Å²) in [6.07, 6.45) is 4.87. The lowest BCUT2D eigenvalue weighted by atomic mass is 10.3. The summed E-state index contributed by atoms with van der Waals surface area (Å²) in [4.78, 5) is 12.9. The first-order valence-corrected chi connectivity index (χ1v) is 8.02. The van der Waals surface area contributed by atoms with Gasteiger partial charge in [-0.25, -0.2) is 9.97 Å². The average molecular weight is 343 g/mol. The molecule has 7 nitrogen and oxygen atoms in total. The van der Waals surface area contributed by atoms with Crippen molar-refractivity contribution in [1.29, 1.82) is 0 Å². The fourth-order valence-electron chi connectivity index (χ4n) is 2.65. The summed E-state index contributed by atoms with van der Waals surface area (Å²) < 4.78 is 5.33. The standard InChI is InChI=1S/C16H15ClN6O/c17-12-10-18-16(19-11-12)23-7-5-22(6-8-23)15-4-3-13(20-21-15)14-2-1-9-24-14/h1-4,9-11H,5-8H2. The van der Waals surface area contributed by atoms with Gasteiger partial charge in [0.25, 0.3) is 0 Å². The number of hydrogen-bond acceptors (Lipinski definition) is 7. The van der Waals surface area contributed by atoms with Gasteiger partial charge in [0.2, 0.25) is 5.95 Å². The zero-order valence-electron chi connectivity index (χ0n) is 12.8. The van der Waals surface area contributed by atoms with E-state index < -0.39 is 0 Å². The zero-order chi connectivity index (χ0) is 16.4. The fourth-order valence-corrected chi connectivity index (χ4v) is 2.75. The Morgan fingerprint density at radius 2 is 1.67 bits per heavy atom. The van der Waals surface area contributed by atoms with Crippen LogP contribution >= 0.6 is 11.6 Å².